The van der Waals surface area contributed by atoms with E-state index >= 15 is 0 Å². The second-order valence-corrected chi connectivity index (χ2v) is 7.37. The fourth-order valence-corrected chi connectivity index (χ4v) is 3.88. The third kappa shape index (κ3) is 3.26. The Bertz CT molecular complexity index is 1140. The number of ether oxygens (including phenoxy) is 1. The van der Waals surface area contributed by atoms with E-state index in [9.17, 15) is 0 Å². The van der Waals surface area contributed by atoms with Gasteiger partial charge >= 0.3 is 0 Å². The first-order valence-corrected chi connectivity index (χ1v) is 10.3. The van der Waals surface area contributed by atoms with E-state index in [1.54, 1.807) is 0 Å². The molecular weight excluding hydrogens is 344 g/mol. The number of hydrogen-bond acceptors (Lipinski definition) is 3. The monoisotopic (exact) mass is 372 g/mol. The molecule has 3 nitrogen and oxygen atoms in total. The number of hydrogen-bond donors (Lipinski definition) is 0. The molecule has 4 rings (SSSR count). The minimum atomic E-state index is 0.848. The largest absolute Gasteiger partial charge is 0.452 e. The number of rotatable bonds is 5. The van der Waals surface area contributed by atoms with Crippen molar-refractivity contribution in [3.8, 4) is 11.5 Å². The number of benzene rings is 3. The van der Waals surface area contributed by atoms with Crippen molar-refractivity contribution < 1.29 is 4.74 Å². The molecule has 1 heterocycles. The molecule has 28 heavy (non-hydrogen) atoms. The number of aryl methyl sites for hydroxylation is 1. The van der Waals surface area contributed by atoms with Gasteiger partial charge in [-0.15, -0.1) is 0 Å². The van der Waals surface area contributed by atoms with Gasteiger partial charge in [-0.1, -0.05) is 25.5 Å². The standard InChI is InChI=1S/C25H28N2O/c1-5-8-9-18-16-24-23(14-17(18)4)26-22-13-10-19-15-20(27(6-2)7-3)11-12-21(19)25(22)28-24/h9-16H,5-8H2,1-4H3/b18-9-. The Morgan fingerprint density at radius 2 is 1.82 bits per heavy atom. The van der Waals surface area contributed by atoms with Crippen molar-refractivity contribution in [2.75, 3.05) is 18.0 Å². The molecule has 0 spiro atoms. The molecule has 144 valence electrons. The van der Waals surface area contributed by atoms with Crippen LogP contribution in [0.4, 0.5) is 11.4 Å². The fraction of sp³-hybridized carbons (Fsp3) is 0.320. The Kier molecular flexibility index (Phi) is 5.08. The number of unbranched alkanes of at least 4 members (excludes halogenated alkanes) is 1. The number of anilines is 1. The van der Waals surface area contributed by atoms with E-state index in [1.165, 1.54) is 21.9 Å². The Morgan fingerprint density at radius 1 is 1.00 bits per heavy atom. The summed E-state index contributed by atoms with van der Waals surface area (Å²) < 4.78 is 6.39. The molecule has 3 aromatic carbocycles. The van der Waals surface area contributed by atoms with Crippen molar-refractivity contribution in [3.05, 3.63) is 58.6 Å². The molecule has 0 aromatic heterocycles. The molecule has 0 unspecified atom stereocenters. The van der Waals surface area contributed by atoms with E-state index in [0.29, 0.717) is 0 Å². The van der Waals surface area contributed by atoms with Gasteiger partial charge in [0.2, 0.25) is 0 Å². The topological polar surface area (TPSA) is 24.8 Å². The average molecular weight is 373 g/mol. The summed E-state index contributed by atoms with van der Waals surface area (Å²) in [7, 11) is 0. The highest BCUT2D eigenvalue weighted by Crippen LogP contribution is 2.41. The summed E-state index contributed by atoms with van der Waals surface area (Å²) in [6.07, 6.45) is 4.50. The highest BCUT2D eigenvalue weighted by molar-refractivity contribution is 5.95. The summed E-state index contributed by atoms with van der Waals surface area (Å²) in [5.74, 6) is 1.71. The number of nitrogens with zero attached hydrogens (tertiary/aromatic N) is 2. The van der Waals surface area contributed by atoms with Crippen LogP contribution in [0.25, 0.3) is 16.8 Å². The summed E-state index contributed by atoms with van der Waals surface area (Å²) in [5, 5.41) is 4.45. The smallest absolute Gasteiger partial charge is 0.160 e. The molecule has 3 heteroatoms. The molecule has 0 radical (unpaired) electrons. The van der Waals surface area contributed by atoms with Crippen molar-refractivity contribution in [3.63, 3.8) is 0 Å². The first-order chi connectivity index (χ1) is 13.6. The Balaban J connectivity index is 1.83. The molecule has 0 fully saturated rings. The lowest BCUT2D eigenvalue weighted by atomic mass is 10.1. The first kappa shape index (κ1) is 18.5. The third-order valence-electron chi connectivity index (χ3n) is 5.52. The van der Waals surface area contributed by atoms with E-state index in [4.69, 9.17) is 9.73 Å². The van der Waals surface area contributed by atoms with Crippen LogP contribution in [-0.4, -0.2) is 13.1 Å². The van der Waals surface area contributed by atoms with Crippen molar-refractivity contribution >= 4 is 28.2 Å². The van der Waals surface area contributed by atoms with E-state index in [1.807, 2.05) is 0 Å². The minimum Gasteiger partial charge on any atom is -0.452 e. The van der Waals surface area contributed by atoms with Crippen LogP contribution in [0.2, 0.25) is 0 Å². The highest BCUT2D eigenvalue weighted by Gasteiger charge is 2.17. The Morgan fingerprint density at radius 3 is 2.57 bits per heavy atom. The van der Waals surface area contributed by atoms with E-state index in [-0.39, 0.29) is 0 Å². The van der Waals surface area contributed by atoms with Crippen LogP contribution in [0, 0.1) is 6.92 Å². The minimum absolute atomic E-state index is 0.848. The van der Waals surface area contributed by atoms with Gasteiger partial charge in [0.05, 0.1) is 0 Å². The maximum Gasteiger partial charge on any atom is 0.160 e. The summed E-state index contributed by atoms with van der Waals surface area (Å²) >= 11 is 0. The first-order valence-electron chi connectivity index (χ1n) is 10.3. The van der Waals surface area contributed by atoms with E-state index in [0.717, 1.165) is 53.9 Å². The van der Waals surface area contributed by atoms with Crippen LogP contribution < -0.4 is 20.2 Å². The third-order valence-corrected chi connectivity index (χ3v) is 5.52. The summed E-state index contributed by atoms with van der Waals surface area (Å²) in [6, 6.07) is 15.1. The van der Waals surface area contributed by atoms with Crippen LogP contribution in [-0.2, 0) is 0 Å². The SMILES string of the molecule is CCC/C=c1/cc2c(cc1C)=Nc1ccc3cc(N(CC)CC)ccc3c1O2. The van der Waals surface area contributed by atoms with Crippen LogP contribution in [0.3, 0.4) is 0 Å². The molecule has 3 aromatic rings. The van der Waals surface area contributed by atoms with E-state index < -0.39 is 0 Å². The van der Waals surface area contributed by atoms with Gasteiger partial charge in [0.1, 0.15) is 11.0 Å². The van der Waals surface area contributed by atoms with E-state index in [2.05, 4.69) is 81.1 Å². The van der Waals surface area contributed by atoms with Gasteiger partial charge in [0, 0.05) is 24.2 Å². The molecule has 0 saturated heterocycles. The van der Waals surface area contributed by atoms with Crippen molar-refractivity contribution in [2.45, 2.75) is 40.5 Å². The zero-order chi connectivity index (χ0) is 19.7. The maximum absolute atomic E-state index is 6.39. The molecule has 0 bridgehead atoms. The second-order valence-electron chi connectivity index (χ2n) is 7.37. The lowest BCUT2D eigenvalue weighted by Crippen LogP contribution is -2.21. The predicted molar refractivity (Wildman–Crippen MR) is 119 cm³/mol. The van der Waals surface area contributed by atoms with Gasteiger partial charge in [-0.2, -0.15) is 0 Å². The Hall–Kier alpha value is -2.81. The molecule has 0 aliphatic carbocycles. The quantitative estimate of drug-likeness (QED) is 0.453. The van der Waals surface area contributed by atoms with Gasteiger partial charge in [-0.25, -0.2) is 4.99 Å². The molecule has 0 N–H and O–H groups in total. The second kappa shape index (κ2) is 7.67. The molecule has 0 amide bonds. The molecule has 1 aliphatic rings. The highest BCUT2D eigenvalue weighted by atomic mass is 16.5. The van der Waals surface area contributed by atoms with Crippen molar-refractivity contribution in [2.24, 2.45) is 4.99 Å². The molecule has 0 saturated carbocycles. The van der Waals surface area contributed by atoms with Gasteiger partial charge < -0.3 is 9.64 Å². The lowest BCUT2D eigenvalue weighted by molar-refractivity contribution is 0.475. The molecule has 1 aliphatic heterocycles. The van der Waals surface area contributed by atoms with Gasteiger partial charge in [0.25, 0.3) is 0 Å². The Labute approximate surface area is 167 Å². The normalized spacial score (nSPS) is 12.9. The molecule has 0 atom stereocenters. The zero-order valence-electron chi connectivity index (χ0n) is 17.2. The van der Waals surface area contributed by atoms with Crippen LogP contribution >= 0.6 is 0 Å². The fourth-order valence-electron chi connectivity index (χ4n) is 3.88. The van der Waals surface area contributed by atoms with Crippen molar-refractivity contribution in [1.29, 1.82) is 0 Å². The van der Waals surface area contributed by atoms with Crippen LogP contribution in [0.15, 0.2) is 47.5 Å². The molecular formula is C25H28N2O. The lowest BCUT2D eigenvalue weighted by Gasteiger charge is -2.22. The number of fused-ring (bicyclic) bond motifs is 4. The van der Waals surface area contributed by atoms with Crippen LogP contribution in [0.1, 0.15) is 39.2 Å². The summed E-state index contributed by atoms with van der Waals surface area (Å²) in [4.78, 5) is 7.24. The van der Waals surface area contributed by atoms with Crippen LogP contribution in [0.5, 0.6) is 11.5 Å². The van der Waals surface area contributed by atoms with Gasteiger partial charge in [-0.05, 0) is 79.8 Å². The maximum atomic E-state index is 6.39. The summed E-state index contributed by atoms with van der Waals surface area (Å²) in [5.41, 5.74) is 3.39. The average Bonchev–Trinajstić information content (AvgIpc) is 2.71. The van der Waals surface area contributed by atoms with Gasteiger partial charge in [0.15, 0.2) is 11.5 Å². The van der Waals surface area contributed by atoms with Gasteiger partial charge in [-0.3, -0.25) is 0 Å². The summed E-state index contributed by atoms with van der Waals surface area (Å²) in [6.45, 7) is 10.7. The predicted octanol–water partition coefficient (Wildman–Crippen LogP) is 5.63. The zero-order valence-corrected chi connectivity index (χ0v) is 17.2. The van der Waals surface area contributed by atoms with Crippen molar-refractivity contribution in [1.82, 2.24) is 0 Å².